The normalized spacial score (nSPS) is 22.1. The fraction of sp³-hybridized carbons (Fsp3) is 0.531. The van der Waals surface area contributed by atoms with E-state index < -0.39 is 11.9 Å². The quantitative estimate of drug-likeness (QED) is 0.407. The van der Waals surface area contributed by atoms with E-state index in [0.717, 1.165) is 53.8 Å². The summed E-state index contributed by atoms with van der Waals surface area (Å²) in [7, 11) is 0. The van der Waals surface area contributed by atoms with Crippen molar-refractivity contribution in [3.8, 4) is 5.75 Å². The van der Waals surface area contributed by atoms with Crippen LogP contribution in [0.4, 0.5) is 5.69 Å². The summed E-state index contributed by atoms with van der Waals surface area (Å²) in [6, 6.07) is 13.4. The topological polar surface area (TPSA) is 116 Å². The number of hydrogen-bond acceptors (Lipinski definition) is 6. The second-order valence-corrected chi connectivity index (χ2v) is 11.5. The minimum atomic E-state index is -0.863. The maximum absolute atomic E-state index is 14.0. The number of ether oxygens (including phenoxy) is 1. The molecule has 0 bridgehead atoms. The minimum absolute atomic E-state index is 0.0537. The number of nitrogens with zero attached hydrogens (tertiary/aromatic N) is 3. The molecule has 41 heavy (non-hydrogen) atoms. The molecule has 0 radical (unpaired) electrons. The highest BCUT2D eigenvalue weighted by Crippen LogP contribution is 2.41. The van der Waals surface area contributed by atoms with Gasteiger partial charge in [0.05, 0.1) is 19.1 Å². The number of carboxylic acid groups (broad SMARTS) is 1. The molecule has 3 unspecified atom stereocenters. The first kappa shape index (κ1) is 29.1. The van der Waals surface area contributed by atoms with Gasteiger partial charge < -0.3 is 25.4 Å². The van der Waals surface area contributed by atoms with E-state index in [-0.39, 0.29) is 30.3 Å². The van der Waals surface area contributed by atoms with Crippen molar-refractivity contribution in [3.05, 3.63) is 59.2 Å². The first-order valence-corrected chi connectivity index (χ1v) is 15.0. The number of fused-ring (bicyclic) bond motifs is 1. The zero-order valence-electron chi connectivity index (χ0n) is 24.0. The first-order valence-electron chi connectivity index (χ1n) is 15.0. The van der Waals surface area contributed by atoms with Crippen LogP contribution in [0, 0.1) is 5.92 Å². The number of carbonyl (C=O) groups is 3. The Morgan fingerprint density at radius 2 is 2.02 bits per heavy atom. The van der Waals surface area contributed by atoms with E-state index >= 15 is 0 Å². The van der Waals surface area contributed by atoms with E-state index in [0.29, 0.717) is 52.2 Å². The van der Waals surface area contributed by atoms with Crippen LogP contribution in [0.1, 0.15) is 61.6 Å². The Hall–Kier alpha value is -3.43. The standard InChI is InChI=1S/C32H42N4O5/c1-2-3-14-36(25-7-4-6-22(17-25)19-33)30(38)21-35-20-26(23-9-10-28-24(18-23)12-16-41-28)31(32(39)40)27(35)11-15-34-13-5-8-29(34)37/h4,6-7,9-10,17-18,26-27,31H,2-3,5,8,11-16,19-21,33H2,1H3,(H,39,40). The summed E-state index contributed by atoms with van der Waals surface area (Å²) in [5.74, 6) is -0.889. The number of aliphatic carboxylic acids is 1. The minimum Gasteiger partial charge on any atom is -0.493 e. The molecule has 220 valence electrons. The van der Waals surface area contributed by atoms with Crippen molar-refractivity contribution in [2.24, 2.45) is 11.7 Å². The molecular formula is C32H42N4O5. The van der Waals surface area contributed by atoms with Crippen LogP contribution in [0.2, 0.25) is 0 Å². The monoisotopic (exact) mass is 562 g/mol. The molecule has 0 aliphatic carbocycles. The Kier molecular flexibility index (Phi) is 9.25. The predicted octanol–water partition coefficient (Wildman–Crippen LogP) is 3.39. The Morgan fingerprint density at radius 3 is 2.76 bits per heavy atom. The first-order chi connectivity index (χ1) is 19.9. The Balaban J connectivity index is 1.43. The fourth-order valence-corrected chi connectivity index (χ4v) is 6.68. The number of unbranched alkanes of at least 4 members (excludes halogenated alkanes) is 1. The van der Waals surface area contributed by atoms with Crippen LogP contribution in [0.5, 0.6) is 5.75 Å². The van der Waals surface area contributed by atoms with Gasteiger partial charge in [-0.3, -0.25) is 19.3 Å². The lowest BCUT2D eigenvalue weighted by Crippen LogP contribution is -2.45. The van der Waals surface area contributed by atoms with Crippen molar-refractivity contribution >= 4 is 23.5 Å². The molecule has 9 nitrogen and oxygen atoms in total. The summed E-state index contributed by atoms with van der Waals surface area (Å²) >= 11 is 0. The van der Waals surface area contributed by atoms with Crippen LogP contribution >= 0.6 is 0 Å². The van der Waals surface area contributed by atoms with E-state index in [2.05, 4.69) is 17.9 Å². The fourth-order valence-electron chi connectivity index (χ4n) is 6.68. The molecule has 2 fully saturated rings. The lowest BCUT2D eigenvalue weighted by molar-refractivity contribution is -0.143. The summed E-state index contributed by atoms with van der Waals surface area (Å²) < 4.78 is 5.69. The summed E-state index contributed by atoms with van der Waals surface area (Å²) in [5.41, 5.74) is 9.73. The van der Waals surface area contributed by atoms with Crippen molar-refractivity contribution < 1.29 is 24.2 Å². The van der Waals surface area contributed by atoms with Gasteiger partial charge >= 0.3 is 5.97 Å². The van der Waals surface area contributed by atoms with E-state index in [9.17, 15) is 19.5 Å². The van der Waals surface area contributed by atoms with E-state index in [4.69, 9.17) is 10.5 Å². The summed E-state index contributed by atoms with van der Waals surface area (Å²) in [4.78, 5) is 44.9. The average Bonchev–Trinajstić information content (AvgIpc) is 3.70. The van der Waals surface area contributed by atoms with Crippen molar-refractivity contribution in [1.29, 1.82) is 0 Å². The summed E-state index contributed by atoms with van der Waals surface area (Å²) in [5, 5.41) is 10.5. The third-order valence-electron chi connectivity index (χ3n) is 8.87. The van der Waals surface area contributed by atoms with Crippen molar-refractivity contribution in [2.75, 3.05) is 44.2 Å². The highest BCUT2D eigenvalue weighted by atomic mass is 16.5. The van der Waals surface area contributed by atoms with Gasteiger partial charge in [0, 0.05) is 63.2 Å². The molecule has 2 amide bonds. The van der Waals surface area contributed by atoms with Crippen LogP contribution in [-0.2, 0) is 27.3 Å². The van der Waals surface area contributed by atoms with Gasteiger partial charge in [0.25, 0.3) is 0 Å². The Labute approximate surface area is 242 Å². The van der Waals surface area contributed by atoms with Gasteiger partial charge in [0.15, 0.2) is 0 Å². The van der Waals surface area contributed by atoms with Gasteiger partial charge in [-0.1, -0.05) is 37.6 Å². The second kappa shape index (κ2) is 13.0. The number of likely N-dealkylation sites (tertiary alicyclic amines) is 2. The zero-order chi connectivity index (χ0) is 28.9. The van der Waals surface area contributed by atoms with Gasteiger partial charge in [-0.05, 0) is 54.2 Å². The highest BCUT2D eigenvalue weighted by molar-refractivity contribution is 5.95. The molecule has 3 aliphatic rings. The molecule has 3 heterocycles. The van der Waals surface area contributed by atoms with Crippen LogP contribution < -0.4 is 15.4 Å². The summed E-state index contributed by atoms with van der Waals surface area (Å²) in [6.07, 6.45) is 4.51. The number of carbonyl (C=O) groups excluding carboxylic acids is 2. The molecule has 9 heteroatoms. The lowest BCUT2D eigenvalue weighted by Gasteiger charge is -2.31. The third-order valence-corrected chi connectivity index (χ3v) is 8.87. The number of rotatable bonds is 12. The number of carboxylic acids is 1. The third kappa shape index (κ3) is 6.41. The van der Waals surface area contributed by atoms with Crippen LogP contribution in [0.15, 0.2) is 42.5 Å². The number of nitrogens with two attached hydrogens (primary N) is 1. The molecule has 0 saturated carbocycles. The molecule has 5 rings (SSSR count). The number of amides is 2. The van der Waals surface area contributed by atoms with E-state index in [1.54, 1.807) is 0 Å². The molecule has 2 saturated heterocycles. The van der Waals surface area contributed by atoms with Crippen molar-refractivity contribution in [3.63, 3.8) is 0 Å². The average molecular weight is 563 g/mol. The smallest absolute Gasteiger partial charge is 0.308 e. The van der Waals surface area contributed by atoms with Crippen LogP contribution in [0.3, 0.4) is 0 Å². The van der Waals surface area contributed by atoms with Gasteiger partial charge in [0.2, 0.25) is 11.8 Å². The lowest BCUT2D eigenvalue weighted by atomic mass is 9.83. The molecule has 0 aromatic heterocycles. The van der Waals surface area contributed by atoms with Crippen LogP contribution in [0.25, 0.3) is 0 Å². The predicted molar refractivity (Wildman–Crippen MR) is 157 cm³/mol. The molecule has 2 aromatic carbocycles. The van der Waals surface area contributed by atoms with Gasteiger partial charge in [-0.2, -0.15) is 0 Å². The number of benzene rings is 2. The molecular weight excluding hydrogens is 520 g/mol. The van der Waals surface area contributed by atoms with Gasteiger partial charge in [-0.15, -0.1) is 0 Å². The van der Waals surface area contributed by atoms with Crippen molar-refractivity contribution in [1.82, 2.24) is 9.80 Å². The Bertz CT molecular complexity index is 1270. The molecule has 3 aliphatic heterocycles. The summed E-state index contributed by atoms with van der Waals surface area (Å²) in [6.45, 7) is 5.49. The zero-order valence-corrected chi connectivity index (χ0v) is 24.0. The highest BCUT2D eigenvalue weighted by Gasteiger charge is 2.47. The SMILES string of the molecule is CCCCN(C(=O)CN1CC(c2ccc3c(c2)CCO3)C(C(=O)O)C1CCN1CCCC1=O)c1cccc(CN)c1. The van der Waals surface area contributed by atoms with Crippen LogP contribution in [-0.4, -0.2) is 78.1 Å². The number of anilines is 1. The molecule has 0 spiro atoms. The Morgan fingerprint density at radius 1 is 1.17 bits per heavy atom. The largest absolute Gasteiger partial charge is 0.493 e. The second-order valence-electron chi connectivity index (χ2n) is 11.5. The van der Waals surface area contributed by atoms with Gasteiger partial charge in [-0.25, -0.2) is 0 Å². The van der Waals surface area contributed by atoms with Gasteiger partial charge in [0.1, 0.15) is 5.75 Å². The molecule has 3 atom stereocenters. The maximum Gasteiger partial charge on any atom is 0.308 e. The van der Waals surface area contributed by atoms with E-state index in [1.165, 1.54) is 0 Å². The maximum atomic E-state index is 14.0. The number of hydrogen-bond donors (Lipinski definition) is 2. The molecule has 3 N–H and O–H groups in total. The van der Waals surface area contributed by atoms with E-state index in [1.807, 2.05) is 46.2 Å². The van der Waals surface area contributed by atoms with Crippen molar-refractivity contribution in [2.45, 2.75) is 64.0 Å². The molecule has 2 aromatic rings.